The molecule has 0 atom stereocenters. The summed E-state index contributed by atoms with van der Waals surface area (Å²) in [6.07, 6.45) is 0. The maximum atomic E-state index is 12.9. The first-order valence-corrected chi connectivity index (χ1v) is 9.03. The average molecular weight is 395 g/mol. The molecule has 0 spiro atoms. The van der Waals surface area contributed by atoms with Crippen molar-refractivity contribution in [3.8, 4) is 11.5 Å². The molecule has 0 radical (unpaired) electrons. The zero-order valence-electron chi connectivity index (χ0n) is 14.6. The average Bonchev–Trinajstić information content (AvgIpc) is 2.63. The summed E-state index contributed by atoms with van der Waals surface area (Å²) in [6.45, 7) is 4.20. The topological polar surface area (TPSA) is 53.0 Å². The van der Waals surface area contributed by atoms with E-state index in [9.17, 15) is 9.90 Å². The summed E-state index contributed by atoms with van der Waals surface area (Å²) in [5.41, 5.74) is 2.07. The Morgan fingerprint density at radius 1 is 1.12 bits per heavy atom. The molecule has 26 heavy (non-hydrogen) atoms. The Morgan fingerprint density at radius 2 is 1.81 bits per heavy atom. The van der Waals surface area contributed by atoms with Crippen molar-refractivity contribution in [3.63, 3.8) is 0 Å². The Balaban J connectivity index is 1.74. The highest BCUT2D eigenvalue weighted by atomic mass is 35.5. The molecular formula is C19H20Cl2N2O3. The molecule has 1 N–H and O–H groups in total. The molecule has 1 heterocycles. The van der Waals surface area contributed by atoms with Crippen molar-refractivity contribution in [2.75, 3.05) is 38.2 Å². The number of methoxy groups -OCH3 is 1. The molecule has 2 aromatic rings. The summed E-state index contributed by atoms with van der Waals surface area (Å²) in [6, 6.07) is 8.50. The van der Waals surface area contributed by atoms with Crippen LogP contribution in [0.5, 0.6) is 11.5 Å². The van der Waals surface area contributed by atoms with Crippen LogP contribution >= 0.6 is 23.2 Å². The van der Waals surface area contributed by atoms with Crippen LogP contribution in [-0.4, -0.2) is 49.2 Å². The number of hydrogen-bond acceptors (Lipinski definition) is 4. The number of rotatable bonds is 3. The second kappa shape index (κ2) is 7.64. The minimum Gasteiger partial charge on any atom is -0.506 e. The molecule has 0 unspecified atom stereocenters. The molecule has 0 aromatic heterocycles. The molecule has 1 fully saturated rings. The van der Waals surface area contributed by atoms with Gasteiger partial charge >= 0.3 is 0 Å². The van der Waals surface area contributed by atoms with Gasteiger partial charge in [-0.3, -0.25) is 4.79 Å². The number of carbonyl (C=O) groups is 1. The van der Waals surface area contributed by atoms with Gasteiger partial charge in [0.2, 0.25) is 0 Å². The number of benzene rings is 2. The second-order valence-electron chi connectivity index (χ2n) is 6.21. The summed E-state index contributed by atoms with van der Waals surface area (Å²) in [4.78, 5) is 16.7. The lowest BCUT2D eigenvalue weighted by atomic mass is 10.1. The predicted molar refractivity (Wildman–Crippen MR) is 104 cm³/mol. The van der Waals surface area contributed by atoms with E-state index in [1.165, 1.54) is 13.2 Å². The summed E-state index contributed by atoms with van der Waals surface area (Å²) < 4.78 is 5.32. The van der Waals surface area contributed by atoms with Gasteiger partial charge in [0.25, 0.3) is 5.91 Å². The predicted octanol–water partition coefficient (Wildman–Crippen LogP) is 3.98. The summed E-state index contributed by atoms with van der Waals surface area (Å²) >= 11 is 12.0. The number of phenolic OH excluding ortho intramolecular Hbond substituents is 1. The first-order chi connectivity index (χ1) is 12.4. The van der Waals surface area contributed by atoms with Gasteiger partial charge in [-0.1, -0.05) is 23.2 Å². The maximum Gasteiger partial charge on any atom is 0.257 e. The number of hydrogen-bond donors (Lipinski definition) is 1. The van der Waals surface area contributed by atoms with Crippen molar-refractivity contribution in [2.45, 2.75) is 6.92 Å². The fraction of sp³-hybridized carbons (Fsp3) is 0.316. The van der Waals surface area contributed by atoms with Crippen molar-refractivity contribution in [2.24, 2.45) is 0 Å². The van der Waals surface area contributed by atoms with Crippen molar-refractivity contribution < 1.29 is 14.6 Å². The van der Waals surface area contributed by atoms with Gasteiger partial charge in [-0.25, -0.2) is 0 Å². The van der Waals surface area contributed by atoms with Gasteiger partial charge < -0.3 is 19.6 Å². The van der Waals surface area contributed by atoms with Crippen LogP contribution in [0.4, 0.5) is 5.69 Å². The summed E-state index contributed by atoms with van der Waals surface area (Å²) in [5.74, 6) is 0.539. The lowest BCUT2D eigenvalue weighted by Crippen LogP contribution is -2.48. The van der Waals surface area contributed by atoms with Gasteiger partial charge in [-0.05, 0) is 36.8 Å². The fourth-order valence-electron chi connectivity index (χ4n) is 3.08. The number of halogens is 2. The van der Waals surface area contributed by atoms with Gasteiger partial charge in [-0.15, -0.1) is 0 Å². The molecule has 1 amide bonds. The van der Waals surface area contributed by atoms with E-state index < -0.39 is 0 Å². The number of phenols is 1. The quantitative estimate of drug-likeness (QED) is 0.855. The molecule has 0 saturated carbocycles. The van der Waals surface area contributed by atoms with E-state index in [0.29, 0.717) is 47.5 Å². The Hall–Kier alpha value is -2.11. The van der Waals surface area contributed by atoms with Crippen LogP contribution in [0, 0.1) is 6.92 Å². The van der Waals surface area contributed by atoms with Crippen molar-refractivity contribution >= 4 is 34.8 Å². The Kier molecular flexibility index (Phi) is 5.49. The van der Waals surface area contributed by atoms with Crippen LogP contribution in [0.25, 0.3) is 0 Å². The number of anilines is 1. The molecule has 1 aliphatic heterocycles. The largest absolute Gasteiger partial charge is 0.506 e. The normalized spacial score (nSPS) is 14.5. The number of aryl methyl sites for hydroxylation is 1. The third kappa shape index (κ3) is 3.69. The summed E-state index contributed by atoms with van der Waals surface area (Å²) in [5, 5.41) is 11.1. The van der Waals surface area contributed by atoms with Crippen molar-refractivity contribution in [1.82, 2.24) is 4.90 Å². The SMILES string of the molecule is COc1cc(Cl)c(C)cc1C(=O)N1CCN(c2ccc(Cl)cc2O)CC1. The lowest BCUT2D eigenvalue weighted by Gasteiger charge is -2.36. The van der Waals surface area contributed by atoms with Crippen LogP contribution in [0.1, 0.15) is 15.9 Å². The second-order valence-corrected chi connectivity index (χ2v) is 7.06. The molecule has 1 aliphatic rings. The van der Waals surface area contributed by atoms with Gasteiger partial charge in [-0.2, -0.15) is 0 Å². The molecule has 7 heteroatoms. The van der Waals surface area contributed by atoms with E-state index in [0.717, 1.165) is 11.3 Å². The van der Waals surface area contributed by atoms with E-state index in [2.05, 4.69) is 0 Å². The molecule has 3 rings (SSSR count). The van der Waals surface area contributed by atoms with E-state index in [1.54, 1.807) is 29.2 Å². The maximum absolute atomic E-state index is 12.9. The van der Waals surface area contributed by atoms with E-state index in [1.807, 2.05) is 11.8 Å². The summed E-state index contributed by atoms with van der Waals surface area (Å²) in [7, 11) is 1.53. The first kappa shape index (κ1) is 18.7. The van der Waals surface area contributed by atoms with Crippen molar-refractivity contribution in [3.05, 3.63) is 51.5 Å². The highest BCUT2D eigenvalue weighted by molar-refractivity contribution is 6.31. The molecule has 5 nitrogen and oxygen atoms in total. The molecule has 0 bridgehead atoms. The van der Waals surface area contributed by atoms with Crippen LogP contribution in [-0.2, 0) is 0 Å². The first-order valence-electron chi connectivity index (χ1n) is 8.27. The van der Waals surface area contributed by atoms with E-state index >= 15 is 0 Å². The number of piperazine rings is 1. The highest BCUT2D eigenvalue weighted by Crippen LogP contribution is 2.32. The minimum absolute atomic E-state index is 0.0819. The van der Waals surface area contributed by atoms with Crippen LogP contribution in [0.15, 0.2) is 30.3 Å². The standard InChI is InChI=1S/C19H20Cl2N2O3/c1-12-9-14(18(26-2)11-15(12)21)19(25)23-7-5-22(6-8-23)16-4-3-13(20)10-17(16)24/h3-4,9-11,24H,5-8H2,1-2H3. The zero-order valence-corrected chi connectivity index (χ0v) is 16.1. The van der Waals surface area contributed by atoms with Gasteiger partial charge in [0.15, 0.2) is 0 Å². The Labute approximate surface area is 162 Å². The van der Waals surface area contributed by atoms with E-state index in [-0.39, 0.29) is 11.7 Å². The fourth-order valence-corrected chi connectivity index (χ4v) is 3.40. The number of aromatic hydroxyl groups is 1. The van der Waals surface area contributed by atoms with Crippen molar-refractivity contribution in [1.29, 1.82) is 0 Å². The molecule has 0 aliphatic carbocycles. The number of nitrogens with zero attached hydrogens (tertiary/aromatic N) is 2. The van der Waals surface area contributed by atoms with Crippen LogP contribution in [0.2, 0.25) is 10.0 Å². The smallest absolute Gasteiger partial charge is 0.257 e. The Morgan fingerprint density at radius 3 is 2.42 bits per heavy atom. The third-order valence-electron chi connectivity index (χ3n) is 4.56. The third-order valence-corrected chi connectivity index (χ3v) is 5.20. The number of ether oxygens (including phenoxy) is 1. The van der Waals surface area contributed by atoms with Gasteiger partial charge in [0.05, 0.1) is 18.4 Å². The minimum atomic E-state index is -0.0819. The zero-order chi connectivity index (χ0) is 18.8. The molecular weight excluding hydrogens is 375 g/mol. The molecule has 2 aromatic carbocycles. The number of carbonyl (C=O) groups excluding carboxylic acids is 1. The number of amides is 1. The van der Waals surface area contributed by atoms with Gasteiger partial charge in [0.1, 0.15) is 11.5 Å². The Bertz CT molecular complexity index is 834. The van der Waals surface area contributed by atoms with E-state index in [4.69, 9.17) is 27.9 Å². The highest BCUT2D eigenvalue weighted by Gasteiger charge is 2.26. The molecule has 1 saturated heterocycles. The van der Waals surface area contributed by atoms with Crippen LogP contribution < -0.4 is 9.64 Å². The lowest BCUT2D eigenvalue weighted by molar-refractivity contribution is 0.0743. The monoisotopic (exact) mass is 394 g/mol. The van der Waals surface area contributed by atoms with Gasteiger partial charge in [0, 0.05) is 42.3 Å². The molecule has 138 valence electrons. The van der Waals surface area contributed by atoms with Crippen LogP contribution in [0.3, 0.4) is 0 Å².